The van der Waals surface area contributed by atoms with Crippen molar-refractivity contribution >= 4 is 11.8 Å². The molecule has 0 fully saturated rings. The summed E-state index contributed by atoms with van der Waals surface area (Å²) in [4.78, 5) is 25.6. The summed E-state index contributed by atoms with van der Waals surface area (Å²) >= 11 is 0. The Morgan fingerprint density at radius 2 is 1.62 bits per heavy atom. The molecule has 1 aromatic carbocycles. The lowest BCUT2D eigenvalue weighted by Crippen LogP contribution is -2.49. The van der Waals surface area contributed by atoms with E-state index in [9.17, 15) is 9.59 Å². The van der Waals surface area contributed by atoms with Gasteiger partial charge in [0.1, 0.15) is 0 Å². The van der Waals surface area contributed by atoms with E-state index in [1.807, 2.05) is 45.9 Å². The summed E-state index contributed by atoms with van der Waals surface area (Å²) in [5, 5.41) is 2.71. The van der Waals surface area contributed by atoms with Gasteiger partial charge in [-0.2, -0.15) is 0 Å². The molecule has 0 aliphatic rings. The SMILES string of the molecule is CC(C)N(C(=O)C(=O)NCCCc1ccccc1)C(C)C. The minimum Gasteiger partial charge on any atom is -0.348 e. The van der Waals surface area contributed by atoms with Gasteiger partial charge in [-0.25, -0.2) is 0 Å². The van der Waals surface area contributed by atoms with Gasteiger partial charge in [0.05, 0.1) is 0 Å². The van der Waals surface area contributed by atoms with E-state index < -0.39 is 11.8 Å². The Bertz CT molecular complexity index is 447. The first kappa shape index (κ1) is 17.2. The second-order valence-corrected chi connectivity index (χ2v) is 5.74. The number of benzene rings is 1. The van der Waals surface area contributed by atoms with E-state index in [0.717, 1.165) is 12.8 Å². The lowest BCUT2D eigenvalue weighted by atomic mass is 10.1. The average molecular weight is 290 g/mol. The normalized spacial score (nSPS) is 10.8. The van der Waals surface area contributed by atoms with E-state index in [0.29, 0.717) is 6.54 Å². The molecule has 116 valence electrons. The van der Waals surface area contributed by atoms with Crippen molar-refractivity contribution in [3.63, 3.8) is 0 Å². The van der Waals surface area contributed by atoms with Gasteiger partial charge in [-0.15, -0.1) is 0 Å². The number of nitrogens with zero attached hydrogens (tertiary/aromatic N) is 1. The molecule has 2 amide bonds. The number of nitrogens with one attached hydrogen (secondary N) is 1. The molecule has 21 heavy (non-hydrogen) atoms. The van der Waals surface area contributed by atoms with Gasteiger partial charge in [0.15, 0.2) is 0 Å². The molecule has 0 aliphatic carbocycles. The molecular formula is C17H26N2O2. The molecule has 4 heteroatoms. The summed E-state index contributed by atoms with van der Waals surface area (Å²) < 4.78 is 0. The number of carbonyl (C=O) groups is 2. The fourth-order valence-electron chi connectivity index (χ4n) is 2.40. The van der Waals surface area contributed by atoms with Crippen LogP contribution in [0.1, 0.15) is 39.7 Å². The Hall–Kier alpha value is -1.84. The summed E-state index contributed by atoms with van der Waals surface area (Å²) in [6, 6.07) is 10.1. The minimum absolute atomic E-state index is 0.0209. The monoisotopic (exact) mass is 290 g/mol. The zero-order chi connectivity index (χ0) is 15.8. The molecule has 0 heterocycles. The Morgan fingerprint density at radius 3 is 2.14 bits per heavy atom. The van der Waals surface area contributed by atoms with E-state index in [4.69, 9.17) is 0 Å². The number of amides is 2. The third-order valence-electron chi connectivity index (χ3n) is 3.31. The van der Waals surface area contributed by atoms with Gasteiger partial charge < -0.3 is 10.2 Å². The topological polar surface area (TPSA) is 49.4 Å². The zero-order valence-corrected chi connectivity index (χ0v) is 13.4. The first-order chi connectivity index (χ1) is 9.93. The van der Waals surface area contributed by atoms with Crippen LogP contribution in [0.5, 0.6) is 0 Å². The van der Waals surface area contributed by atoms with Gasteiger partial charge in [-0.1, -0.05) is 30.3 Å². The van der Waals surface area contributed by atoms with Crippen LogP contribution in [0.3, 0.4) is 0 Å². The maximum Gasteiger partial charge on any atom is 0.312 e. The fraction of sp³-hybridized carbons (Fsp3) is 0.529. The van der Waals surface area contributed by atoms with Crippen LogP contribution in [0, 0.1) is 0 Å². The van der Waals surface area contributed by atoms with E-state index in [1.165, 1.54) is 5.56 Å². The van der Waals surface area contributed by atoms with Crippen molar-refractivity contribution in [3.05, 3.63) is 35.9 Å². The fourth-order valence-corrected chi connectivity index (χ4v) is 2.40. The summed E-state index contributed by atoms with van der Waals surface area (Å²) in [5.41, 5.74) is 1.24. The van der Waals surface area contributed by atoms with E-state index in [1.54, 1.807) is 4.90 Å². The highest BCUT2D eigenvalue weighted by molar-refractivity contribution is 6.35. The highest BCUT2D eigenvalue weighted by Crippen LogP contribution is 2.06. The molecule has 1 N–H and O–H groups in total. The van der Waals surface area contributed by atoms with E-state index in [2.05, 4.69) is 17.4 Å². The van der Waals surface area contributed by atoms with Gasteiger partial charge in [-0.3, -0.25) is 9.59 Å². The highest BCUT2D eigenvalue weighted by atomic mass is 16.2. The van der Waals surface area contributed by atoms with Gasteiger partial charge in [0, 0.05) is 18.6 Å². The van der Waals surface area contributed by atoms with Crippen molar-refractivity contribution in [2.45, 2.75) is 52.6 Å². The number of rotatable bonds is 6. The first-order valence-corrected chi connectivity index (χ1v) is 7.58. The first-order valence-electron chi connectivity index (χ1n) is 7.58. The van der Waals surface area contributed by atoms with Crippen LogP contribution in [0.25, 0.3) is 0 Å². The molecule has 1 aromatic rings. The van der Waals surface area contributed by atoms with Gasteiger partial charge in [0.2, 0.25) is 0 Å². The average Bonchev–Trinajstić information content (AvgIpc) is 2.43. The van der Waals surface area contributed by atoms with Crippen LogP contribution in [0.4, 0.5) is 0 Å². The Labute approximate surface area is 127 Å². The predicted molar refractivity (Wildman–Crippen MR) is 84.9 cm³/mol. The van der Waals surface area contributed by atoms with Gasteiger partial charge in [-0.05, 0) is 46.1 Å². The third kappa shape index (κ3) is 5.58. The molecule has 4 nitrogen and oxygen atoms in total. The Balaban J connectivity index is 2.37. The summed E-state index contributed by atoms with van der Waals surface area (Å²) in [6.45, 7) is 8.19. The van der Waals surface area contributed by atoms with Gasteiger partial charge >= 0.3 is 11.8 Å². The molecular weight excluding hydrogens is 264 g/mol. The van der Waals surface area contributed by atoms with E-state index >= 15 is 0 Å². The standard InChI is InChI=1S/C17H26N2O2/c1-13(2)19(14(3)4)17(21)16(20)18-12-8-11-15-9-6-5-7-10-15/h5-7,9-10,13-14H,8,11-12H2,1-4H3,(H,18,20). The van der Waals surface area contributed by atoms with Crippen molar-refractivity contribution in [1.82, 2.24) is 10.2 Å². The molecule has 0 radical (unpaired) electrons. The summed E-state index contributed by atoms with van der Waals surface area (Å²) in [7, 11) is 0. The Morgan fingerprint density at radius 1 is 1.05 bits per heavy atom. The van der Waals surface area contributed by atoms with Crippen LogP contribution >= 0.6 is 0 Å². The van der Waals surface area contributed by atoms with Crippen molar-refractivity contribution in [2.75, 3.05) is 6.54 Å². The second-order valence-electron chi connectivity index (χ2n) is 5.74. The molecule has 0 bridgehead atoms. The Kier molecular flexibility index (Phi) is 6.92. The predicted octanol–water partition coefficient (Wildman–Crippen LogP) is 2.38. The molecule has 0 atom stereocenters. The van der Waals surface area contributed by atoms with Crippen molar-refractivity contribution in [1.29, 1.82) is 0 Å². The third-order valence-corrected chi connectivity index (χ3v) is 3.31. The van der Waals surface area contributed by atoms with Crippen molar-refractivity contribution < 1.29 is 9.59 Å². The van der Waals surface area contributed by atoms with Crippen molar-refractivity contribution in [3.8, 4) is 0 Å². The summed E-state index contributed by atoms with van der Waals surface area (Å²) in [5.74, 6) is -0.954. The number of carbonyl (C=O) groups excluding carboxylic acids is 2. The molecule has 0 aromatic heterocycles. The van der Waals surface area contributed by atoms with Crippen LogP contribution in [0.15, 0.2) is 30.3 Å². The molecule has 1 rings (SSSR count). The lowest BCUT2D eigenvalue weighted by molar-refractivity contribution is -0.148. The minimum atomic E-state index is -0.509. The quantitative estimate of drug-likeness (QED) is 0.646. The van der Waals surface area contributed by atoms with Gasteiger partial charge in [0.25, 0.3) is 0 Å². The van der Waals surface area contributed by atoms with Crippen LogP contribution < -0.4 is 5.32 Å². The molecule has 0 unspecified atom stereocenters. The van der Waals surface area contributed by atoms with Crippen molar-refractivity contribution in [2.24, 2.45) is 0 Å². The lowest BCUT2D eigenvalue weighted by Gasteiger charge is -2.29. The summed E-state index contributed by atoms with van der Waals surface area (Å²) in [6.07, 6.45) is 1.72. The number of aryl methyl sites for hydroxylation is 1. The molecule has 0 spiro atoms. The highest BCUT2D eigenvalue weighted by Gasteiger charge is 2.25. The van der Waals surface area contributed by atoms with E-state index in [-0.39, 0.29) is 12.1 Å². The maximum atomic E-state index is 12.1. The zero-order valence-electron chi connectivity index (χ0n) is 13.4. The second kappa shape index (κ2) is 8.45. The molecule has 0 aliphatic heterocycles. The van der Waals surface area contributed by atoms with Crippen LogP contribution in [-0.4, -0.2) is 35.3 Å². The number of hydrogen-bond acceptors (Lipinski definition) is 2. The van der Waals surface area contributed by atoms with Crippen LogP contribution in [0.2, 0.25) is 0 Å². The molecule has 0 saturated carbocycles. The number of hydrogen-bond donors (Lipinski definition) is 1. The molecule has 0 saturated heterocycles. The van der Waals surface area contributed by atoms with Crippen LogP contribution in [-0.2, 0) is 16.0 Å². The largest absolute Gasteiger partial charge is 0.348 e. The maximum absolute atomic E-state index is 12.1. The smallest absolute Gasteiger partial charge is 0.312 e.